The second-order valence-corrected chi connectivity index (χ2v) is 7.21. The lowest BCUT2D eigenvalue weighted by Gasteiger charge is -2.25. The molecule has 2 aromatic rings. The van der Waals surface area contributed by atoms with Crippen LogP contribution in [0.4, 0.5) is 8.78 Å². The maximum atomic E-state index is 13.0. The normalized spacial score (nSPS) is 15.3. The minimum atomic E-state index is -3.04. The summed E-state index contributed by atoms with van der Waals surface area (Å²) in [6, 6.07) is 12.6. The minimum Gasteiger partial charge on any atom is -0.481 e. The lowest BCUT2D eigenvalue weighted by atomic mass is 10.1. The molecule has 32 heavy (non-hydrogen) atoms. The third-order valence-corrected chi connectivity index (χ3v) is 5.11. The third kappa shape index (κ3) is 5.97. The van der Waals surface area contributed by atoms with E-state index < -0.39 is 18.6 Å². The van der Waals surface area contributed by atoms with E-state index in [0.29, 0.717) is 38.1 Å². The first kappa shape index (κ1) is 23.1. The molecule has 1 N–H and O–H groups in total. The third-order valence-electron chi connectivity index (χ3n) is 5.11. The number of carbonyl (C=O) groups excluding carboxylic acids is 2. The van der Waals surface area contributed by atoms with Gasteiger partial charge in [-0.15, -0.1) is 6.42 Å². The zero-order valence-electron chi connectivity index (χ0n) is 17.4. The second-order valence-electron chi connectivity index (χ2n) is 7.21. The summed E-state index contributed by atoms with van der Waals surface area (Å²) in [6.07, 6.45) is 6.93. The first-order valence-electron chi connectivity index (χ1n) is 10.3. The molecule has 1 aliphatic rings. The molecule has 1 saturated heterocycles. The number of para-hydroxylation sites is 1. The fraction of sp³-hybridized carbons (Fsp3) is 0.333. The lowest BCUT2D eigenvalue weighted by Crippen LogP contribution is -2.46. The van der Waals surface area contributed by atoms with Gasteiger partial charge in [-0.05, 0) is 49.1 Å². The van der Waals surface area contributed by atoms with E-state index in [9.17, 15) is 18.4 Å². The van der Waals surface area contributed by atoms with Crippen LogP contribution in [0.1, 0.15) is 28.8 Å². The zero-order chi connectivity index (χ0) is 22.9. The van der Waals surface area contributed by atoms with E-state index >= 15 is 0 Å². The summed E-state index contributed by atoms with van der Waals surface area (Å²) < 4.78 is 35.1. The molecular formula is C24H24F2N2O4. The van der Waals surface area contributed by atoms with E-state index in [1.807, 2.05) is 24.3 Å². The lowest BCUT2D eigenvalue weighted by molar-refractivity contribution is -0.124. The first-order valence-corrected chi connectivity index (χ1v) is 10.3. The van der Waals surface area contributed by atoms with E-state index in [1.54, 1.807) is 6.07 Å². The summed E-state index contributed by atoms with van der Waals surface area (Å²) in [5.41, 5.74) is 1.02. The van der Waals surface area contributed by atoms with Crippen LogP contribution in [-0.4, -0.2) is 49.1 Å². The van der Waals surface area contributed by atoms with Gasteiger partial charge < -0.3 is 19.7 Å². The molecule has 1 unspecified atom stereocenters. The molecule has 1 heterocycles. The summed E-state index contributed by atoms with van der Waals surface area (Å²) in [7, 11) is 0. The van der Waals surface area contributed by atoms with E-state index in [2.05, 4.69) is 16.0 Å². The van der Waals surface area contributed by atoms with E-state index in [-0.39, 0.29) is 23.8 Å². The second kappa shape index (κ2) is 11.1. The van der Waals surface area contributed by atoms with Gasteiger partial charge >= 0.3 is 6.61 Å². The van der Waals surface area contributed by atoms with Crippen LogP contribution in [0.15, 0.2) is 48.5 Å². The fourth-order valence-electron chi connectivity index (χ4n) is 3.60. The molecule has 3 rings (SSSR count). The SMILES string of the molecule is C#CCOc1ccc(CCNC(=O)C2CCCN2C(=O)c2ccccc2OC(F)F)cc1. The molecule has 1 atom stereocenters. The molecule has 0 aromatic heterocycles. The Balaban J connectivity index is 1.56. The van der Waals surface area contributed by atoms with Gasteiger partial charge in [-0.2, -0.15) is 8.78 Å². The Morgan fingerprint density at radius 3 is 2.66 bits per heavy atom. The van der Waals surface area contributed by atoms with Gasteiger partial charge in [-0.1, -0.05) is 30.2 Å². The van der Waals surface area contributed by atoms with Gasteiger partial charge in [0.15, 0.2) is 0 Å². The molecular weight excluding hydrogens is 418 g/mol. The highest BCUT2D eigenvalue weighted by molar-refractivity contribution is 6.00. The van der Waals surface area contributed by atoms with Gasteiger partial charge in [0.1, 0.15) is 24.1 Å². The largest absolute Gasteiger partial charge is 0.481 e. The number of likely N-dealkylation sites (tertiary alicyclic amines) is 1. The number of carbonyl (C=O) groups is 2. The standard InChI is InChI=1S/C24H24F2N2O4/c1-2-16-31-18-11-9-17(10-12-18)13-14-27-22(29)20-7-5-15-28(20)23(30)19-6-3-4-8-21(19)32-24(25)26/h1,3-4,6,8-12,20,24H,5,7,13-16H2,(H,27,29). The molecule has 168 valence electrons. The predicted octanol–water partition coefficient (Wildman–Crippen LogP) is 3.26. The summed E-state index contributed by atoms with van der Waals surface area (Å²) in [5, 5.41) is 2.86. The summed E-state index contributed by atoms with van der Waals surface area (Å²) >= 11 is 0. The molecule has 1 aliphatic heterocycles. The summed E-state index contributed by atoms with van der Waals surface area (Å²) in [6.45, 7) is -2.07. The van der Waals surface area contributed by atoms with Crippen molar-refractivity contribution < 1.29 is 27.8 Å². The van der Waals surface area contributed by atoms with Crippen molar-refractivity contribution in [1.29, 1.82) is 0 Å². The molecule has 0 bridgehead atoms. The van der Waals surface area contributed by atoms with Gasteiger partial charge in [0.2, 0.25) is 5.91 Å². The van der Waals surface area contributed by atoms with Gasteiger partial charge in [0.05, 0.1) is 5.56 Å². The number of benzene rings is 2. The van der Waals surface area contributed by atoms with Crippen molar-refractivity contribution in [2.24, 2.45) is 0 Å². The van der Waals surface area contributed by atoms with Crippen molar-refractivity contribution in [3.63, 3.8) is 0 Å². The quantitative estimate of drug-likeness (QED) is 0.606. The number of nitrogens with zero attached hydrogens (tertiary/aromatic N) is 1. The average molecular weight is 442 g/mol. The Hall–Kier alpha value is -3.60. The zero-order valence-corrected chi connectivity index (χ0v) is 17.4. The Morgan fingerprint density at radius 2 is 1.94 bits per heavy atom. The molecule has 6 nitrogen and oxygen atoms in total. The van der Waals surface area contributed by atoms with Crippen LogP contribution in [0.25, 0.3) is 0 Å². The molecule has 0 radical (unpaired) electrons. The van der Waals surface area contributed by atoms with E-state index in [0.717, 1.165) is 5.56 Å². The molecule has 0 aliphatic carbocycles. The first-order chi connectivity index (χ1) is 15.5. The van der Waals surface area contributed by atoms with Crippen molar-refractivity contribution in [1.82, 2.24) is 10.2 Å². The molecule has 1 fully saturated rings. The average Bonchev–Trinajstić information content (AvgIpc) is 3.28. The van der Waals surface area contributed by atoms with Crippen molar-refractivity contribution in [2.75, 3.05) is 19.7 Å². The molecule has 2 aromatic carbocycles. The highest BCUT2D eigenvalue weighted by Crippen LogP contribution is 2.26. The van der Waals surface area contributed by atoms with Gasteiger partial charge in [0, 0.05) is 13.1 Å². The number of hydrogen-bond acceptors (Lipinski definition) is 4. The van der Waals surface area contributed by atoms with Crippen LogP contribution in [0, 0.1) is 12.3 Å². The molecule has 8 heteroatoms. The van der Waals surface area contributed by atoms with Crippen molar-refractivity contribution in [3.8, 4) is 23.8 Å². The van der Waals surface area contributed by atoms with Crippen molar-refractivity contribution in [3.05, 3.63) is 59.7 Å². The smallest absolute Gasteiger partial charge is 0.387 e. The number of amides is 2. The minimum absolute atomic E-state index is 0.0136. The Morgan fingerprint density at radius 1 is 1.19 bits per heavy atom. The summed E-state index contributed by atoms with van der Waals surface area (Å²) in [4.78, 5) is 27.1. The Labute approximate surface area is 185 Å². The maximum Gasteiger partial charge on any atom is 0.387 e. The van der Waals surface area contributed by atoms with Crippen LogP contribution < -0.4 is 14.8 Å². The number of ether oxygens (including phenoxy) is 2. The Kier molecular flexibility index (Phi) is 8.03. The number of terminal acetylenes is 1. The van der Waals surface area contributed by atoms with E-state index in [1.165, 1.54) is 23.1 Å². The Bertz CT molecular complexity index is 973. The van der Waals surface area contributed by atoms with Crippen LogP contribution in [-0.2, 0) is 11.2 Å². The number of alkyl halides is 2. The number of rotatable bonds is 9. The number of nitrogens with one attached hydrogen (secondary N) is 1. The van der Waals surface area contributed by atoms with E-state index in [4.69, 9.17) is 11.2 Å². The van der Waals surface area contributed by atoms with Crippen molar-refractivity contribution >= 4 is 11.8 Å². The van der Waals surface area contributed by atoms with Crippen molar-refractivity contribution in [2.45, 2.75) is 31.9 Å². The van der Waals surface area contributed by atoms with Crippen LogP contribution in [0.2, 0.25) is 0 Å². The number of halogens is 2. The molecule has 0 saturated carbocycles. The molecule has 2 amide bonds. The van der Waals surface area contributed by atoms with Gasteiger partial charge in [-0.3, -0.25) is 9.59 Å². The van der Waals surface area contributed by atoms with Crippen LogP contribution >= 0.6 is 0 Å². The topological polar surface area (TPSA) is 67.9 Å². The number of hydrogen-bond donors (Lipinski definition) is 1. The maximum absolute atomic E-state index is 13.0. The summed E-state index contributed by atoms with van der Waals surface area (Å²) in [5.74, 6) is 2.11. The van der Waals surface area contributed by atoms with Gasteiger partial charge in [0.25, 0.3) is 5.91 Å². The highest BCUT2D eigenvalue weighted by Gasteiger charge is 2.35. The fourth-order valence-corrected chi connectivity index (χ4v) is 3.60. The van der Waals surface area contributed by atoms with Gasteiger partial charge in [-0.25, -0.2) is 0 Å². The molecule has 0 spiro atoms. The monoisotopic (exact) mass is 442 g/mol. The van der Waals surface area contributed by atoms with Crippen LogP contribution in [0.5, 0.6) is 11.5 Å². The predicted molar refractivity (Wildman–Crippen MR) is 115 cm³/mol. The van der Waals surface area contributed by atoms with Crippen LogP contribution in [0.3, 0.4) is 0 Å². The highest BCUT2D eigenvalue weighted by atomic mass is 19.3.